The van der Waals surface area contributed by atoms with Crippen molar-refractivity contribution < 1.29 is 0 Å². The average Bonchev–Trinajstić information content (AvgIpc) is 3.56. The van der Waals surface area contributed by atoms with Gasteiger partial charge < -0.3 is 9.88 Å². The van der Waals surface area contributed by atoms with Crippen LogP contribution in [0.1, 0.15) is 22.9 Å². The zero-order chi connectivity index (χ0) is 33.7. The molecule has 0 atom stereocenters. The second-order valence-electron chi connectivity index (χ2n) is 13.1. The monoisotopic (exact) mass is 652 g/mol. The van der Waals surface area contributed by atoms with Crippen molar-refractivity contribution in [2.45, 2.75) is 6.17 Å². The van der Waals surface area contributed by atoms with Crippen LogP contribution in [0.25, 0.3) is 60.2 Å². The summed E-state index contributed by atoms with van der Waals surface area (Å²) in [6.07, 6.45) is -0.404. The molecule has 0 radical (unpaired) electrons. The summed E-state index contributed by atoms with van der Waals surface area (Å²) in [7, 11) is 0. The summed E-state index contributed by atoms with van der Waals surface area (Å²) in [5.74, 6) is 1.62. The Balaban J connectivity index is 1.11. The highest BCUT2D eigenvalue weighted by Crippen LogP contribution is 2.39. The molecule has 1 aromatic heterocycles. The predicted molar refractivity (Wildman–Crippen MR) is 213 cm³/mol. The molecule has 2 heterocycles. The molecule has 0 unspecified atom stereocenters. The van der Waals surface area contributed by atoms with E-state index in [1.54, 1.807) is 0 Å². The lowest BCUT2D eigenvalue weighted by molar-refractivity contribution is 0.755. The lowest BCUT2D eigenvalue weighted by Gasteiger charge is -2.22. The minimum absolute atomic E-state index is 0.404. The van der Waals surface area contributed by atoms with Crippen LogP contribution >= 0.6 is 0 Å². The molecule has 4 nitrogen and oxygen atoms in total. The van der Waals surface area contributed by atoms with Crippen molar-refractivity contribution in [3.63, 3.8) is 0 Å². The third-order valence-corrected chi connectivity index (χ3v) is 10.00. The second-order valence-corrected chi connectivity index (χ2v) is 13.1. The molecule has 1 N–H and O–H groups in total. The van der Waals surface area contributed by atoms with Crippen LogP contribution < -0.4 is 5.32 Å². The van der Waals surface area contributed by atoms with Gasteiger partial charge in [0.2, 0.25) is 0 Å². The lowest BCUT2D eigenvalue weighted by Crippen LogP contribution is -2.36. The van der Waals surface area contributed by atoms with Crippen LogP contribution in [0.3, 0.4) is 0 Å². The Bertz CT molecular complexity index is 2770. The van der Waals surface area contributed by atoms with E-state index >= 15 is 0 Å². The summed E-state index contributed by atoms with van der Waals surface area (Å²) in [6.45, 7) is 0. The largest absolute Gasteiger partial charge is 0.324 e. The summed E-state index contributed by atoms with van der Waals surface area (Å²) < 4.78 is 2.38. The summed E-state index contributed by atoms with van der Waals surface area (Å²) in [4.78, 5) is 10.3. The molecular formula is C47H32N4. The lowest BCUT2D eigenvalue weighted by atomic mass is 9.97. The fourth-order valence-electron chi connectivity index (χ4n) is 7.53. The Labute approximate surface area is 295 Å². The first-order valence-corrected chi connectivity index (χ1v) is 17.4. The molecular weight excluding hydrogens is 621 g/mol. The van der Waals surface area contributed by atoms with Crippen molar-refractivity contribution in [1.29, 1.82) is 0 Å². The number of rotatable bonds is 5. The summed E-state index contributed by atoms with van der Waals surface area (Å²) >= 11 is 0. The number of hydrogen-bond acceptors (Lipinski definition) is 3. The summed E-state index contributed by atoms with van der Waals surface area (Å²) in [6, 6.07) is 64.7. The maximum Gasteiger partial charge on any atom is 0.169 e. The van der Waals surface area contributed by atoms with Crippen molar-refractivity contribution in [2.75, 3.05) is 0 Å². The van der Waals surface area contributed by atoms with Gasteiger partial charge in [-0.2, -0.15) is 0 Å². The van der Waals surface area contributed by atoms with Gasteiger partial charge in [-0.1, -0.05) is 146 Å². The first-order valence-electron chi connectivity index (χ1n) is 17.4. The van der Waals surface area contributed by atoms with Crippen LogP contribution in [0.5, 0.6) is 0 Å². The van der Waals surface area contributed by atoms with E-state index in [2.05, 4.69) is 155 Å². The van der Waals surface area contributed by atoms with Crippen LogP contribution in [0, 0.1) is 0 Å². The summed E-state index contributed by atoms with van der Waals surface area (Å²) in [5.41, 5.74) is 8.95. The average molecular weight is 653 g/mol. The van der Waals surface area contributed by atoms with Gasteiger partial charge in [-0.3, -0.25) is 0 Å². The van der Waals surface area contributed by atoms with Crippen LogP contribution in [0.15, 0.2) is 192 Å². The minimum atomic E-state index is -0.404. The first kappa shape index (κ1) is 29.2. The van der Waals surface area contributed by atoms with Gasteiger partial charge >= 0.3 is 0 Å². The van der Waals surface area contributed by atoms with Gasteiger partial charge in [0.15, 0.2) is 6.17 Å². The van der Waals surface area contributed by atoms with E-state index in [0.29, 0.717) is 0 Å². The van der Waals surface area contributed by atoms with E-state index in [-0.39, 0.29) is 0 Å². The van der Waals surface area contributed by atoms with E-state index in [9.17, 15) is 0 Å². The van der Waals surface area contributed by atoms with Crippen molar-refractivity contribution in [1.82, 2.24) is 9.88 Å². The molecule has 8 aromatic carbocycles. The third kappa shape index (κ3) is 5.08. The highest BCUT2D eigenvalue weighted by Gasteiger charge is 2.22. The van der Waals surface area contributed by atoms with E-state index in [1.165, 1.54) is 54.5 Å². The molecule has 0 aliphatic carbocycles. The zero-order valence-electron chi connectivity index (χ0n) is 27.7. The number of amidine groups is 2. The maximum absolute atomic E-state index is 5.14. The van der Waals surface area contributed by atoms with Gasteiger partial charge in [0, 0.05) is 33.2 Å². The van der Waals surface area contributed by atoms with Gasteiger partial charge in [-0.25, -0.2) is 9.98 Å². The molecule has 0 saturated carbocycles. The topological polar surface area (TPSA) is 41.7 Å². The molecule has 0 spiro atoms. The fraction of sp³-hybridized carbons (Fsp3) is 0.0213. The molecule has 0 bridgehead atoms. The van der Waals surface area contributed by atoms with E-state index < -0.39 is 6.17 Å². The molecule has 51 heavy (non-hydrogen) atoms. The van der Waals surface area contributed by atoms with Crippen LogP contribution in [0.2, 0.25) is 0 Å². The van der Waals surface area contributed by atoms with Gasteiger partial charge in [0.1, 0.15) is 11.7 Å². The SMILES string of the molecule is c1ccc(C2=NC(c3cccc(-n4c5ccccc5c5c6ccc(-c7ccc8ccccc8c7)cc6ccc54)c3)N=C(c3ccccc3)N2)cc1. The number of hydrogen-bond donors (Lipinski definition) is 1. The van der Waals surface area contributed by atoms with Crippen molar-refractivity contribution >= 4 is 55.0 Å². The van der Waals surface area contributed by atoms with E-state index in [1.807, 2.05) is 36.4 Å². The summed E-state index contributed by atoms with van der Waals surface area (Å²) in [5, 5.41) is 11.0. The number of nitrogens with zero attached hydrogens (tertiary/aromatic N) is 3. The van der Waals surface area contributed by atoms with Gasteiger partial charge in [-0.15, -0.1) is 0 Å². The number of benzene rings is 8. The molecule has 1 aliphatic heterocycles. The number of para-hydroxylation sites is 1. The molecule has 240 valence electrons. The standard InChI is InChI=1S/C47H32N4/c1-3-13-32(14-4-1)45-48-46(33-15-5-2-6-16-33)50-47(49-45)38-18-11-19-39(30-38)51-42-21-10-9-20-41(42)44-40-26-24-36(29-37(40)25-27-43(44)51)35-23-22-31-12-7-8-17-34(31)28-35/h1-30,47H,(H,48,49,50). The number of aromatic nitrogens is 1. The normalized spacial score (nSPS) is 13.4. The Morgan fingerprint density at radius 3 is 1.80 bits per heavy atom. The van der Waals surface area contributed by atoms with E-state index in [4.69, 9.17) is 9.98 Å². The molecule has 1 aliphatic rings. The number of nitrogens with one attached hydrogen (secondary N) is 1. The van der Waals surface area contributed by atoms with Gasteiger partial charge in [-0.05, 0) is 69.1 Å². The Morgan fingerprint density at radius 1 is 0.412 bits per heavy atom. The van der Waals surface area contributed by atoms with E-state index in [0.717, 1.165) is 34.0 Å². The second kappa shape index (κ2) is 12.0. The highest BCUT2D eigenvalue weighted by molar-refractivity contribution is 6.21. The molecule has 4 heteroatoms. The fourth-order valence-corrected chi connectivity index (χ4v) is 7.53. The Kier molecular flexibility index (Phi) is 6.85. The van der Waals surface area contributed by atoms with Crippen LogP contribution in [-0.4, -0.2) is 16.2 Å². The van der Waals surface area contributed by atoms with Gasteiger partial charge in [0.25, 0.3) is 0 Å². The van der Waals surface area contributed by atoms with Crippen LogP contribution in [-0.2, 0) is 0 Å². The number of fused-ring (bicyclic) bond motifs is 6. The van der Waals surface area contributed by atoms with Crippen molar-refractivity contribution in [3.05, 3.63) is 199 Å². The molecule has 0 amide bonds. The molecule has 9 aromatic rings. The molecule has 0 saturated heterocycles. The van der Waals surface area contributed by atoms with Crippen molar-refractivity contribution in [2.24, 2.45) is 9.98 Å². The van der Waals surface area contributed by atoms with Gasteiger partial charge in [0.05, 0.1) is 11.0 Å². The first-order chi connectivity index (χ1) is 25.3. The molecule has 0 fully saturated rings. The predicted octanol–water partition coefficient (Wildman–Crippen LogP) is 11.3. The zero-order valence-corrected chi connectivity index (χ0v) is 27.7. The third-order valence-electron chi connectivity index (χ3n) is 10.00. The smallest absolute Gasteiger partial charge is 0.169 e. The number of aliphatic imine (C=N–C) groups is 2. The van der Waals surface area contributed by atoms with Crippen molar-refractivity contribution in [3.8, 4) is 16.8 Å². The Hall–Kier alpha value is -6.78. The van der Waals surface area contributed by atoms with Crippen LogP contribution in [0.4, 0.5) is 0 Å². The molecule has 10 rings (SSSR count). The highest BCUT2D eigenvalue weighted by atomic mass is 15.2. The quantitative estimate of drug-likeness (QED) is 0.197. The maximum atomic E-state index is 5.14. The minimum Gasteiger partial charge on any atom is -0.324 e. The Morgan fingerprint density at radius 2 is 1.04 bits per heavy atom.